The number of hydrogen-bond donors (Lipinski definition) is 3. The van der Waals surface area contributed by atoms with Gasteiger partial charge in [0.1, 0.15) is 17.6 Å². The molecule has 0 aromatic heterocycles. The molecular formula is C33H36N2O3. The summed E-state index contributed by atoms with van der Waals surface area (Å²) in [6, 6.07) is 31.2. The molecule has 1 fully saturated rings. The molecule has 5 heteroatoms. The number of aromatic hydroxyl groups is 1. The van der Waals surface area contributed by atoms with Gasteiger partial charge < -0.3 is 20.9 Å². The summed E-state index contributed by atoms with van der Waals surface area (Å²) in [5, 5.41) is 15.6. The second-order valence-corrected chi connectivity index (χ2v) is 10.8. The number of rotatable bonds is 8. The third kappa shape index (κ3) is 5.39. The summed E-state index contributed by atoms with van der Waals surface area (Å²) < 4.78 is 6.38. The highest BCUT2D eigenvalue weighted by atomic mass is 16.5. The number of carbonyl (C=O) groups excluding carboxylic acids is 1. The zero-order chi connectivity index (χ0) is 26.6. The van der Waals surface area contributed by atoms with E-state index in [1.54, 1.807) is 12.1 Å². The second kappa shape index (κ2) is 10.9. The number of amides is 1. The highest BCUT2D eigenvalue weighted by molar-refractivity contribution is 5.90. The fourth-order valence-corrected chi connectivity index (χ4v) is 5.83. The maximum Gasteiger partial charge on any atom is 0.232 e. The number of fused-ring (bicyclic) bond motifs is 1. The average molecular weight is 509 g/mol. The summed E-state index contributed by atoms with van der Waals surface area (Å²) in [5.74, 6) is 0.731. The topological polar surface area (TPSA) is 84.6 Å². The summed E-state index contributed by atoms with van der Waals surface area (Å²) in [6.45, 7) is 2.96. The lowest BCUT2D eigenvalue weighted by Gasteiger charge is -2.37. The van der Waals surface area contributed by atoms with Gasteiger partial charge in [-0.05, 0) is 85.2 Å². The molecule has 1 saturated heterocycles. The molecule has 4 aromatic carbocycles. The maximum atomic E-state index is 13.2. The third-order valence-corrected chi connectivity index (χ3v) is 8.11. The van der Waals surface area contributed by atoms with E-state index in [1.165, 1.54) is 0 Å². The standard InChI is InChI=1S/C33H36N2O3/c1-32(19-20-33(31(34)37,26-9-4-2-5-10-26)27-11-6-3-7-12-27)18-8-13-30(23-35-32)38-29-17-15-24-14-16-28(36)21-25(24)22-29/h2-7,9-12,14-17,21-22,30,35-36H,8,13,18-20,23H2,1H3,(H2,34,37)/t30-,32?/m0/s1. The maximum absolute atomic E-state index is 13.2. The van der Waals surface area contributed by atoms with Gasteiger partial charge in [-0.25, -0.2) is 0 Å². The Labute approximate surface area is 224 Å². The minimum absolute atomic E-state index is 0.0377. The molecule has 196 valence electrons. The van der Waals surface area contributed by atoms with Crippen molar-refractivity contribution in [2.75, 3.05) is 6.54 Å². The molecule has 0 saturated carbocycles. The van der Waals surface area contributed by atoms with Crippen molar-refractivity contribution in [1.29, 1.82) is 0 Å². The first kappa shape index (κ1) is 25.8. The lowest BCUT2D eigenvalue weighted by Crippen LogP contribution is -2.48. The minimum atomic E-state index is -0.897. The number of phenols is 1. The molecule has 0 radical (unpaired) electrons. The van der Waals surface area contributed by atoms with Crippen LogP contribution in [0.25, 0.3) is 10.8 Å². The van der Waals surface area contributed by atoms with Crippen molar-refractivity contribution in [1.82, 2.24) is 5.32 Å². The Morgan fingerprint density at radius 1 is 0.974 bits per heavy atom. The van der Waals surface area contributed by atoms with E-state index < -0.39 is 5.41 Å². The molecule has 1 heterocycles. The normalized spacial score (nSPS) is 20.1. The molecule has 0 spiro atoms. The van der Waals surface area contributed by atoms with Gasteiger partial charge in [0.15, 0.2) is 0 Å². The molecule has 1 aliphatic rings. The number of nitrogens with one attached hydrogen (secondary N) is 1. The van der Waals surface area contributed by atoms with E-state index in [2.05, 4.69) is 12.2 Å². The van der Waals surface area contributed by atoms with Gasteiger partial charge in [0.25, 0.3) is 0 Å². The van der Waals surface area contributed by atoms with Crippen LogP contribution in [0, 0.1) is 0 Å². The van der Waals surface area contributed by atoms with Crippen molar-refractivity contribution in [3.05, 3.63) is 108 Å². The summed E-state index contributed by atoms with van der Waals surface area (Å²) in [7, 11) is 0. The lowest BCUT2D eigenvalue weighted by molar-refractivity contribution is -0.122. The zero-order valence-corrected chi connectivity index (χ0v) is 21.9. The van der Waals surface area contributed by atoms with Gasteiger partial charge in [0.2, 0.25) is 5.91 Å². The van der Waals surface area contributed by atoms with Gasteiger partial charge in [-0.3, -0.25) is 4.79 Å². The number of phenolic OH excluding ortho intramolecular Hbond substituents is 1. The van der Waals surface area contributed by atoms with E-state index in [9.17, 15) is 9.90 Å². The van der Waals surface area contributed by atoms with Crippen LogP contribution in [0.2, 0.25) is 0 Å². The van der Waals surface area contributed by atoms with Gasteiger partial charge >= 0.3 is 0 Å². The van der Waals surface area contributed by atoms with Gasteiger partial charge in [-0.2, -0.15) is 0 Å². The molecular weight excluding hydrogens is 472 g/mol. The van der Waals surface area contributed by atoms with Gasteiger partial charge in [-0.15, -0.1) is 0 Å². The zero-order valence-electron chi connectivity index (χ0n) is 21.9. The monoisotopic (exact) mass is 508 g/mol. The predicted octanol–water partition coefficient (Wildman–Crippen LogP) is 6.08. The van der Waals surface area contributed by atoms with Crippen molar-refractivity contribution in [2.45, 2.75) is 56.1 Å². The first-order valence-corrected chi connectivity index (χ1v) is 13.4. The number of ether oxygens (including phenoxy) is 1. The van der Waals surface area contributed by atoms with Gasteiger partial charge in [0, 0.05) is 12.1 Å². The second-order valence-electron chi connectivity index (χ2n) is 10.8. The Balaban J connectivity index is 1.32. The van der Waals surface area contributed by atoms with Crippen molar-refractivity contribution < 1.29 is 14.6 Å². The molecule has 4 N–H and O–H groups in total. The van der Waals surface area contributed by atoms with Crippen molar-refractivity contribution >= 4 is 16.7 Å². The quantitative estimate of drug-likeness (QED) is 0.269. The fourth-order valence-electron chi connectivity index (χ4n) is 5.83. The largest absolute Gasteiger partial charge is 0.508 e. The molecule has 4 aromatic rings. The van der Waals surface area contributed by atoms with Crippen LogP contribution in [0.1, 0.15) is 50.2 Å². The van der Waals surface area contributed by atoms with E-state index in [4.69, 9.17) is 10.5 Å². The molecule has 1 unspecified atom stereocenters. The smallest absolute Gasteiger partial charge is 0.232 e. The Bertz CT molecular complexity index is 1350. The van der Waals surface area contributed by atoms with E-state index in [0.717, 1.165) is 59.9 Å². The van der Waals surface area contributed by atoms with Crippen LogP contribution in [0.3, 0.4) is 0 Å². The Morgan fingerprint density at radius 2 is 1.63 bits per heavy atom. The first-order chi connectivity index (χ1) is 18.4. The molecule has 5 rings (SSSR count). The summed E-state index contributed by atoms with van der Waals surface area (Å²) in [4.78, 5) is 13.2. The average Bonchev–Trinajstić information content (AvgIpc) is 3.11. The Morgan fingerprint density at radius 3 is 2.29 bits per heavy atom. The van der Waals surface area contributed by atoms with Crippen molar-refractivity contribution in [3.63, 3.8) is 0 Å². The fraction of sp³-hybridized carbons (Fsp3) is 0.303. The van der Waals surface area contributed by atoms with Crippen LogP contribution in [0.15, 0.2) is 97.1 Å². The van der Waals surface area contributed by atoms with E-state index in [1.807, 2.05) is 84.9 Å². The van der Waals surface area contributed by atoms with E-state index in [0.29, 0.717) is 6.42 Å². The van der Waals surface area contributed by atoms with Crippen LogP contribution in [0.4, 0.5) is 0 Å². The molecule has 0 bridgehead atoms. The number of carbonyl (C=O) groups is 1. The van der Waals surface area contributed by atoms with Crippen molar-refractivity contribution in [2.24, 2.45) is 5.73 Å². The minimum Gasteiger partial charge on any atom is -0.508 e. The van der Waals surface area contributed by atoms with Crippen LogP contribution < -0.4 is 15.8 Å². The number of benzene rings is 4. The molecule has 38 heavy (non-hydrogen) atoms. The van der Waals surface area contributed by atoms with Crippen LogP contribution >= 0.6 is 0 Å². The molecule has 5 nitrogen and oxygen atoms in total. The van der Waals surface area contributed by atoms with E-state index in [-0.39, 0.29) is 23.3 Å². The van der Waals surface area contributed by atoms with Crippen LogP contribution in [-0.2, 0) is 10.2 Å². The summed E-state index contributed by atoms with van der Waals surface area (Å²) in [6.07, 6.45) is 4.38. The highest BCUT2D eigenvalue weighted by Crippen LogP contribution is 2.39. The summed E-state index contributed by atoms with van der Waals surface area (Å²) in [5.41, 5.74) is 7.00. The van der Waals surface area contributed by atoms with Crippen LogP contribution in [-0.4, -0.2) is 29.2 Å². The number of nitrogens with two attached hydrogens (primary N) is 1. The molecule has 1 amide bonds. The molecule has 2 atom stereocenters. The number of primary amides is 1. The first-order valence-electron chi connectivity index (χ1n) is 13.4. The Kier molecular flexibility index (Phi) is 7.39. The lowest BCUT2D eigenvalue weighted by atomic mass is 9.68. The van der Waals surface area contributed by atoms with Crippen molar-refractivity contribution in [3.8, 4) is 11.5 Å². The molecule has 1 aliphatic heterocycles. The van der Waals surface area contributed by atoms with Gasteiger partial charge in [0.05, 0.1) is 5.41 Å². The number of hydrogen-bond acceptors (Lipinski definition) is 4. The van der Waals surface area contributed by atoms with E-state index >= 15 is 0 Å². The Hall–Kier alpha value is -3.83. The highest BCUT2D eigenvalue weighted by Gasteiger charge is 2.42. The molecule has 0 aliphatic carbocycles. The third-order valence-electron chi connectivity index (χ3n) is 8.11. The van der Waals surface area contributed by atoms with Gasteiger partial charge in [-0.1, -0.05) is 72.8 Å². The summed E-state index contributed by atoms with van der Waals surface area (Å²) >= 11 is 0. The predicted molar refractivity (Wildman–Crippen MR) is 152 cm³/mol. The SMILES string of the molecule is CC1(CCC(C(N)=O)(c2ccccc2)c2ccccc2)CCC[C@H](Oc2ccc3ccc(O)cc3c2)CN1. The van der Waals surface area contributed by atoms with Crippen LogP contribution in [0.5, 0.6) is 11.5 Å².